The van der Waals surface area contributed by atoms with Gasteiger partial charge in [-0.05, 0) is 20.0 Å². The van der Waals surface area contributed by atoms with E-state index in [0.717, 1.165) is 12.1 Å². The molecule has 1 atom stereocenters. The van der Waals surface area contributed by atoms with E-state index >= 15 is 0 Å². The molecule has 0 radical (unpaired) electrons. The molecular weight excluding hydrogens is 174 g/mol. The summed E-state index contributed by atoms with van der Waals surface area (Å²) in [7, 11) is 2.25. The van der Waals surface area contributed by atoms with Crippen molar-refractivity contribution in [2.75, 3.05) is 33.2 Å². The van der Waals surface area contributed by atoms with E-state index in [4.69, 9.17) is 0 Å². The smallest absolute Gasteiger partial charge is 0.0345 e. The Balaban J connectivity index is 0.000000720. The van der Waals surface area contributed by atoms with Crippen LogP contribution in [0.1, 0.15) is 6.42 Å². The van der Waals surface area contributed by atoms with Crippen molar-refractivity contribution in [3.05, 3.63) is 0 Å². The van der Waals surface area contributed by atoms with Gasteiger partial charge in [0.1, 0.15) is 0 Å². The van der Waals surface area contributed by atoms with E-state index in [1.807, 2.05) is 0 Å². The van der Waals surface area contributed by atoms with Crippen LogP contribution in [-0.2, 0) is 0 Å². The van der Waals surface area contributed by atoms with Gasteiger partial charge in [0.2, 0.25) is 0 Å². The molecule has 0 spiro atoms. The molecule has 3 nitrogen and oxygen atoms in total. The van der Waals surface area contributed by atoms with E-state index in [9.17, 15) is 0 Å². The summed E-state index contributed by atoms with van der Waals surface area (Å²) in [5, 5.41) is 6.70. The summed E-state index contributed by atoms with van der Waals surface area (Å²) in [6, 6.07) is 1.60. The molecule has 4 heteroatoms. The Morgan fingerprint density at radius 3 is 2.17 bits per heavy atom. The van der Waals surface area contributed by atoms with Crippen molar-refractivity contribution in [1.29, 1.82) is 0 Å². The Labute approximate surface area is 80.3 Å². The number of halogens is 1. The zero-order valence-corrected chi connectivity index (χ0v) is 8.36. The Bertz CT molecular complexity index is 132. The van der Waals surface area contributed by atoms with E-state index in [1.165, 1.54) is 32.6 Å². The summed E-state index contributed by atoms with van der Waals surface area (Å²) in [5.41, 5.74) is 0. The lowest BCUT2D eigenvalue weighted by molar-refractivity contribution is 0.136. The minimum Gasteiger partial charge on any atom is -0.315 e. The third-order valence-corrected chi connectivity index (χ3v) is 2.95. The van der Waals surface area contributed by atoms with Crippen LogP contribution in [-0.4, -0.2) is 50.2 Å². The van der Waals surface area contributed by atoms with Crippen LogP contribution in [0.5, 0.6) is 0 Å². The van der Waals surface area contributed by atoms with Crippen LogP contribution in [0.2, 0.25) is 0 Å². The van der Waals surface area contributed by atoms with Crippen LogP contribution in [0, 0.1) is 0 Å². The Morgan fingerprint density at radius 1 is 1.08 bits per heavy atom. The summed E-state index contributed by atoms with van der Waals surface area (Å²) < 4.78 is 0. The summed E-state index contributed by atoms with van der Waals surface area (Å²) in [4.78, 5) is 2.52. The topological polar surface area (TPSA) is 27.3 Å². The lowest BCUT2D eigenvalue weighted by Crippen LogP contribution is -2.58. The molecule has 0 aromatic rings. The van der Waals surface area contributed by atoms with Gasteiger partial charge in [0.05, 0.1) is 0 Å². The van der Waals surface area contributed by atoms with Crippen LogP contribution in [0.25, 0.3) is 0 Å². The fourth-order valence-electron chi connectivity index (χ4n) is 1.85. The second-order valence-corrected chi connectivity index (χ2v) is 3.62. The predicted octanol–water partition coefficient (Wildman–Crippen LogP) is -0.326. The van der Waals surface area contributed by atoms with Gasteiger partial charge in [-0.2, -0.15) is 0 Å². The first-order chi connectivity index (χ1) is 5.38. The second-order valence-electron chi connectivity index (χ2n) is 3.62. The van der Waals surface area contributed by atoms with Crippen molar-refractivity contribution in [2.45, 2.75) is 18.5 Å². The molecule has 0 bridgehead atoms. The molecule has 2 aliphatic rings. The normalized spacial score (nSPS) is 30.0. The van der Waals surface area contributed by atoms with E-state index in [0.29, 0.717) is 0 Å². The summed E-state index contributed by atoms with van der Waals surface area (Å²) in [6.07, 6.45) is 1.33. The molecule has 0 aliphatic carbocycles. The van der Waals surface area contributed by atoms with Gasteiger partial charge in [-0.1, -0.05) is 0 Å². The van der Waals surface area contributed by atoms with Crippen LogP contribution in [0.3, 0.4) is 0 Å². The Hall–Kier alpha value is 0.170. The monoisotopic (exact) mass is 191 g/mol. The van der Waals surface area contributed by atoms with Crippen molar-refractivity contribution in [1.82, 2.24) is 15.5 Å². The van der Waals surface area contributed by atoms with Gasteiger partial charge in [0.25, 0.3) is 0 Å². The molecule has 2 N–H and O–H groups in total. The van der Waals surface area contributed by atoms with E-state index in [2.05, 4.69) is 22.6 Å². The zero-order valence-electron chi connectivity index (χ0n) is 7.55. The minimum atomic E-state index is 0. The van der Waals surface area contributed by atoms with Gasteiger partial charge in [-0.15, -0.1) is 12.4 Å². The summed E-state index contributed by atoms with van der Waals surface area (Å²) in [6.45, 7) is 4.77. The van der Waals surface area contributed by atoms with Gasteiger partial charge >= 0.3 is 0 Å². The maximum absolute atomic E-state index is 3.39. The van der Waals surface area contributed by atoms with Crippen molar-refractivity contribution in [2.24, 2.45) is 0 Å². The van der Waals surface area contributed by atoms with Crippen molar-refractivity contribution >= 4 is 12.4 Å². The van der Waals surface area contributed by atoms with E-state index in [-0.39, 0.29) is 12.4 Å². The van der Waals surface area contributed by atoms with Crippen LogP contribution in [0.15, 0.2) is 0 Å². The molecule has 72 valence electrons. The average molecular weight is 192 g/mol. The van der Waals surface area contributed by atoms with Gasteiger partial charge in [0, 0.05) is 31.7 Å². The number of rotatable bonds is 2. The molecule has 2 saturated heterocycles. The molecule has 2 rings (SSSR count). The number of hydrogen-bond acceptors (Lipinski definition) is 3. The minimum absolute atomic E-state index is 0. The lowest BCUT2D eigenvalue weighted by atomic mass is 10.1. The highest BCUT2D eigenvalue weighted by atomic mass is 35.5. The predicted molar refractivity (Wildman–Crippen MR) is 52.9 cm³/mol. The SMILES string of the molecule is CN(C1CCNC1)C1CNC1.Cl. The van der Waals surface area contributed by atoms with E-state index < -0.39 is 0 Å². The molecule has 0 amide bonds. The Kier molecular flexibility index (Phi) is 3.77. The van der Waals surface area contributed by atoms with Crippen LogP contribution in [0.4, 0.5) is 0 Å². The quantitative estimate of drug-likeness (QED) is 0.627. The van der Waals surface area contributed by atoms with Gasteiger partial charge < -0.3 is 10.6 Å². The highest BCUT2D eigenvalue weighted by Crippen LogP contribution is 2.11. The van der Waals surface area contributed by atoms with Crippen LogP contribution < -0.4 is 10.6 Å². The van der Waals surface area contributed by atoms with E-state index in [1.54, 1.807) is 0 Å². The molecule has 1 unspecified atom stereocenters. The fraction of sp³-hybridized carbons (Fsp3) is 1.00. The van der Waals surface area contributed by atoms with Gasteiger partial charge in [-0.25, -0.2) is 0 Å². The maximum atomic E-state index is 3.39. The first-order valence-electron chi connectivity index (χ1n) is 4.51. The molecule has 2 fully saturated rings. The zero-order chi connectivity index (χ0) is 7.68. The second kappa shape index (κ2) is 4.42. The van der Waals surface area contributed by atoms with Crippen molar-refractivity contribution in [3.8, 4) is 0 Å². The molecule has 0 aromatic carbocycles. The van der Waals surface area contributed by atoms with Gasteiger partial charge in [-0.3, -0.25) is 4.90 Å². The summed E-state index contributed by atoms with van der Waals surface area (Å²) >= 11 is 0. The molecule has 2 heterocycles. The molecular formula is C8H18ClN3. The molecule has 0 aromatic heterocycles. The van der Waals surface area contributed by atoms with Crippen molar-refractivity contribution < 1.29 is 0 Å². The largest absolute Gasteiger partial charge is 0.315 e. The summed E-state index contributed by atoms with van der Waals surface area (Å²) in [5.74, 6) is 0. The first-order valence-corrected chi connectivity index (χ1v) is 4.51. The van der Waals surface area contributed by atoms with Crippen LogP contribution >= 0.6 is 12.4 Å². The molecule has 2 aliphatic heterocycles. The Morgan fingerprint density at radius 2 is 1.75 bits per heavy atom. The maximum Gasteiger partial charge on any atom is 0.0345 e. The highest BCUT2D eigenvalue weighted by molar-refractivity contribution is 5.85. The fourth-order valence-corrected chi connectivity index (χ4v) is 1.85. The number of nitrogens with one attached hydrogen (secondary N) is 2. The number of nitrogens with zero attached hydrogens (tertiary/aromatic N) is 1. The average Bonchev–Trinajstić information content (AvgIpc) is 2.32. The number of hydrogen-bond donors (Lipinski definition) is 2. The van der Waals surface area contributed by atoms with Crippen molar-refractivity contribution in [3.63, 3.8) is 0 Å². The van der Waals surface area contributed by atoms with Gasteiger partial charge in [0.15, 0.2) is 0 Å². The standard InChI is InChI=1S/C8H17N3.ClH/c1-11(8-5-10-6-8)7-2-3-9-4-7;/h7-10H,2-6H2,1H3;1H. The molecule has 0 saturated carbocycles. The third kappa shape index (κ3) is 1.91. The highest BCUT2D eigenvalue weighted by Gasteiger charge is 2.28. The third-order valence-electron chi connectivity index (χ3n) is 2.95. The number of likely N-dealkylation sites (N-methyl/N-ethyl adjacent to an activating group) is 1. The molecule has 12 heavy (non-hydrogen) atoms. The first kappa shape index (κ1) is 10.3. The lowest BCUT2D eigenvalue weighted by Gasteiger charge is -2.38.